The van der Waals surface area contributed by atoms with Crippen molar-refractivity contribution in [2.75, 3.05) is 49.8 Å². The van der Waals surface area contributed by atoms with Gasteiger partial charge >= 0.3 is 0 Å². The summed E-state index contributed by atoms with van der Waals surface area (Å²) in [6, 6.07) is 20.0. The fraction of sp³-hybridized carbons (Fsp3) is 0.255. The number of ether oxygens (including phenoxy) is 7. The molecule has 0 spiro atoms. The first-order chi connectivity index (χ1) is 28.5. The lowest BCUT2D eigenvalue weighted by Gasteiger charge is -2.35. The van der Waals surface area contributed by atoms with Crippen LogP contribution >= 0.6 is 0 Å². The predicted molar refractivity (Wildman–Crippen MR) is 222 cm³/mol. The van der Waals surface area contributed by atoms with Crippen molar-refractivity contribution < 1.29 is 57.1 Å². The molecule has 0 aromatic heterocycles. The van der Waals surface area contributed by atoms with Gasteiger partial charge in [-0.05, 0) is 95.4 Å². The number of benzene rings is 4. The van der Waals surface area contributed by atoms with Crippen LogP contribution in [0.25, 0.3) is 18.2 Å². The number of hydrogen-bond donors (Lipinski definition) is 0. The van der Waals surface area contributed by atoms with E-state index in [4.69, 9.17) is 33.2 Å². The Balaban J connectivity index is 1.64. The minimum absolute atomic E-state index is 0.177. The van der Waals surface area contributed by atoms with E-state index in [1.54, 1.807) is 84.9 Å². The normalized spacial score (nSPS) is 16.4. The third-order valence-electron chi connectivity index (χ3n) is 10.4. The molecule has 306 valence electrons. The topological polar surface area (TPSA) is 150 Å². The molecule has 0 aliphatic heterocycles. The maximum Gasteiger partial charge on any atom is 0.167 e. The number of aldehydes is 1. The van der Waals surface area contributed by atoms with Crippen LogP contribution in [-0.2, 0) is 24.6 Å². The molecule has 2 atom stereocenters. The van der Waals surface area contributed by atoms with Crippen LogP contribution in [-0.4, -0.2) is 79.2 Å². The average Bonchev–Trinajstić information content (AvgIpc) is 3.62. The Bertz CT molecular complexity index is 2240. The molecule has 59 heavy (non-hydrogen) atoms. The van der Waals surface area contributed by atoms with Gasteiger partial charge in [0.1, 0.15) is 11.5 Å². The molecule has 1 aliphatic carbocycles. The van der Waals surface area contributed by atoms with Gasteiger partial charge in [-0.25, -0.2) is 0 Å². The number of ketones is 4. The van der Waals surface area contributed by atoms with Crippen LogP contribution in [0.1, 0.15) is 45.5 Å². The lowest BCUT2D eigenvalue weighted by atomic mass is 9.64. The van der Waals surface area contributed by atoms with Crippen LogP contribution < -0.4 is 33.2 Å². The monoisotopic (exact) mass is 802 g/mol. The number of Topliss-reactive ketones (excluding diaryl/α,β-unsaturated/α-hetero) is 1. The highest BCUT2D eigenvalue weighted by Crippen LogP contribution is 2.51. The van der Waals surface area contributed by atoms with Crippen molar-refractivity contribution in [3.8, 4) is 40.2 Å². The number of rotatable bonds is 19. The van der Waals surface area contributed by atoms with Crippen LogP contribution in [0.3, 0.4) is 0 Å². The summed E-state index contributed by atoms with van der Waals surface area (Å²) < 4.78 is 38.0. The van der Waals surface area contributed by atoms with E-state index in [1.807, 2.05) is 0 Å². The van der Waals surface area contributed by atoms with Gasteiger partial charge in [-0.15, -0.1) is 0 Å². The second kappa shape index (κ2) is 19.5. The third-order valence-corrected chi connectivity index (χ3v) is 10.4. The summed E-state index contributed by atoms with van der Waals surface area (Å²) in [4.78, 5) is 69.3. The van der Waals surface area contributed by atoms with Crippen molar-refractivity contribution >= 4 is 47.6 Å². The van der Waals surface area contributed by atoms with Gasteiger partial charge in [-0.2, -0.15) is 0 Å². The van der Waals surface area contributed by atoms with E-state index in [1.165, 1.54) is 74.1 Å². The molecule has 4 aromatic carbocycles. The Morgan fingerprint density at radius 1 is 0.559 bits per heavy atom. The van der Waals surface area contributed by atoms with Crippen LogP contribution in [0.2, 0.25) is 0 Å². The molecule has 1 saturated carbocycles. The first-order valence-electron chi connectivity index (χ1n) is 18.5. The van der Waals surface area contributed by atoms with Crippen LogP contribution in [0, 0.1) is 11.8 Å². The van der Waals surface area contributed by atoms with Crippen molar-refractivity contribution in [3.63, 3.8) is 0 Å². The largest absolute Gasteiger partial charge is 0.496 e. The Kier molecular flexibility index (Phi) is 14.2. The molecule has 4 aromatic rings. The SMILES string of the molecule is COc1ccc(/C=C/C(=O)C2CC(c3ccc(OC)c(OC)c3)(C(C(=O)/C=C/c3ccc(OC)c(OC)c3)C(=O)/C=C/c3ccc(OC)c(OC)c3)CC2=O)cc1C=O. The summed E-state index contributed by atoms with van der Waals surface area (Å²) in [6.07, 6.45) is 8.62. The quantitative estimate of drug-likeness (QED) is 0.0534. The molecule has 1 aliphatic rings. The molecule has 12 heteroatoms. The van der Waals surface area contributed by atoms with E-state index in [-0.39, 0.29) is 18.4 Å². The standard InChI is InChI=1S/C47H46O12/c1-53-39-18-11-29(22-32(39)28-48)8-15-35(49)34-26-47(27-38(34)52,33-14-21-42(56-4)45(25-33)59-7)46(36(50)16-9-30-12-19-40(54-2)43(23-30)57-5)37(51)17-10-31-13-20-41(55-3)44(24-31)58-6/h8-25,28,34,46H,26-27H2,1-7H3/b15-8+,16-9+,17-10+. The van der Waals surface area contributed by atoms with Crippen molar-refractivity contribution in [2.24, 2.45) is 11.8 Å². The van der Waals surface area contributed by atoms with Crippen LogP contribution in [0.4, 0.5) is 0 Å². The van der Waals surface area contributed by atoms with E-state index >= 15 is 0 Å². The van der Waals surface area contributed by atoms with Gasteiger partial charge in [-0.1, -0.05) is 42.5 Å². The predicted octanol–water partition coefficient (Wildman–Crippen LogP) is 7.24. The number of carbonyl (C=O) groups excluding carboxylic acids is 5. The number of allylic oxidation sites excluding steroid dienone is 3. The fourth-order valence-electron chi connectivity index (χ4n) is 7.39. The highest BCUT2D eigenvalue weighted by atomic mass is 16.5. The summed E-state index contributed by atoms with van der Waals surface area (Å²) in [6.45, 7) is 0. The zero-order valence-electron chi connectivity index (χ0n) is 33.9. The molecule has 12 nitrogen and oxygen atoms in total. The lowest BCUT2D eigenvalue weighted by Crippen LogP contribution is -2.42. The Morgan fingerprint density at radius 2 is 0.983 bits per heavy atom. The van der Waals surface area contributed by atoms with E-state index in [0.29, 0.717) is 68.8 Å². The molecule has 1 fully saturated rings. The Hall–Kier alpha value is -6.95. The minimum Gasteiger partial charge on any atom is -0.496 e. The van der Waals surface area contributed by atoms with E-state index in [2.05, 4.69) is 0 Å². The molecule has 0 heterocycles. The molecule has 0 saturated heterocycles. The molecule has 0 amide bonds. The van der Waals surface area contributed by atoms with Crippen molar-refractivity contribution in [3.05, 3.63) is 119 Å². The lowest BCUT2D eigenvalue weighted by molar-refractivity contribution is -0.131. The summed E-state index contributed by atoms with van der Waals surface area (Å²) >= 11 is 0. The Labute approximate surface area is 343 Å². The molecular weight excluding hydrogens is 757 g/mol. The highest BCUT2D eigenvalue weighted by Gasteiger charge is 2.56. The summed E-state index contributed by atoms with van der Waals surface area (Å²) in [5, 5.41) is 0. The van der Waals surface area contributed by atoms with Crippen LogP contribution in [0.15, 0.2) is 91.0 Å². The second-order valence-corrected chi connectivity index (χ2v) is 13.6. The molecule has 0 N–H and O–H groups in total. The number of hydrogen-bond acceptors (Lipinski definition) is 12. The van der Waals surface area contributed by atoms with Gasteiger partial charge in [-0.3, -0.25) is 24.0 Å². The van der Waals surface area contributed by atoms with Gasteiger partial charge in [0.25, 0.3) is 0 Å². The van der Waals surface area contributed by atoms with E-state index < -0.39 is 40.4 Å². The number of carbonyl (C=O) groups is 5. The van der Waals surface area contributed by atoms with Gasteiger partial charge < -0.3 is 33.2 Å². The zero-order chi connectivity index (χ0) is 42.7. The zero-order valence-corrected chi connectivity index (χ0v) is 33.9. The minimum atomic E-state index is -1.52. The van der Waals surface area contributed by atoms with Crippen LogP contribution in [0.5, 0.6) is 40.2 Å². The number of methoxy groups -OCH3 is 7. The molecule has 0 radical (unpaired) electrons. The first kappa shape index (κ1) is 43.2. The average molecular weight is 803 g/mol. The fourth-order valence-corrected chi connectivity index (χ4v) is 7.39. The first-order valence-corrected chi connectivity index (χ1v) is 18.5. The van der Waals surface area contributed by atoms with Crippen molar-refractivity contribution in [2.45, 2.75) is 18.3 Å². The van der Waals surface area contributed by atoms with Gasteiger partial charge in [0, 0.05) is 11.8 Å². The van der Waals surface area contributed by atoms with Crippen molar-refractivity contribution in [1.29, 1.82) is 0 Å². The highest BCUT2D eigenvalue weighted by molar-refractivity contribution is 6.17. The van der Waals surface area contributed by atoms with Crippen molar-refractivity contribution in [1.82, 2.24) is 0 Å². The summed E-state index contributed by atoms with van der Waals surface area (Å²) in [5.41, 5.74) is 0.892. The molecule has 2 unspecified atom stereocenters. The van der Waals surface area contributed by atoms with E-state index in [9.17, 15) is 24.0 Å². The van der Waals surface area contributed by atoms with Gasteiger partial charge in [0.05, 0.1) is 67.2 Å². The molecular formula is C47H46O12. The maximum atomic E-state index is 14.7. The third kappa shape index (κ3) is 9.44. The smallest absolute Gasteiger partial charge is 0.167 e. The second-order valence-electron chi connectivity index (χ2n) is 13.6. The van der Waals surface area contributed by atoms with Gasteiger partial charge in [0.15, 0.2) is 58.1 Å². The van der Waals surface area contributed by atoms with E-state index in [0.717, 1.165) is 0 Å². The van der Waals surface area contributed by atoms with Gasteiger partial charge in [0.2, 0.25) is 0 Å². The molecule has 0 bridgehead atoms. The maximum absolute atomic E-state index is 14.7. The Morgan fingerprint density at radius 3 is 1.46 bits per heavy atom. The summed E-state index contributed by atoms with van der Waals surface area (Å²) in [7, 11) is 10.4. The molecule has 5 rings (SSSR count). The summed E-state index contributed by atoms with van der Waals surface area (Å²) in [5.74, 6) is -1.98.